The van der Waals surface area contributed by atoms with Gasteiger partial charge in [0.1, 0.15) is 11.6 Å². The van der Waals surface area contributed by atoms with E-state index < -0.39 is 11.6 Å². The van der Waals surface area contributed by atoms with Crippen molar-refractivity contribution in [2.24, 2.45) is 5.73 Å². The van der Waals surface area contributed by atoms with Crippen molar-refractivity contribution < 1.29 is 9.53 Å². The van der Waals surface area contributed by atoms with E-state index in [1.807, 2.05) is 52.0 Å². The molecule has 2 N–H and O–H groups in total. The van der Waals surface area contributed by atoms with Gasteiger partial charge in [-0.15, -0.1) is 0 Å². The molecule has 0 aliphatic carbocycles. The van der Waals surface area contributed by atoms with Crippen LogP contribution in [0.1, 0.15) is 39.2 Å². The van der Waals surface area contributed by atoms with Gasteiger partial charge in [-0.05, 0) is 38.5 Å². The quantitative estimate of drug-likeness (QED) is 0.872. The molecule has 0 aliphatic rings. The Bertz CT molecular complexity index is 426. The van der Waals surface area contributed by atoms with Gasteiger partial charge in [-0.25, -0.2) is 0 Å². The second-order valence-electron chi connectivity index (χ2n) is 5.40. The Morgan fingerprint density at radius 2 is 2.00 bits per heavy atom. The minimum atomic E-state index is -0.654. The number of esters is 1. The molecule has 0 aromatic heterocycles. The Kier molecular flexibility index (Phi) is 4.93. The largest absolute Gasteiger partial charge is 0.459 e. The first kappa shape index (κ1) is 15.2. The summed E-state index contributed by atoms with van der Waals surface area (Å²) in [5.41, 5.74) is 6.47. The van der Waals surface area contributed by atoms with E-state index in [4.69, 9.17) is 10.5 Å². The molecule has 0 aliphatic heterocycles. The summed E-state index contributed by atoms with van der Waals surface area (Å²) in [6.07, 6.45) is 0. The zero-order chi connectivity index (χ0) is 13.9. The minimum Gasteiger partial charge on any atom is -0.459 e. The average Bonchev–Trinajstić information content (AvgIpc) is 2.24. The molecule has 0 amide bonds. The summed E-state index contributed by atoms with van der Waals surface area (Å²) in [7, 11) is 0. The van der Waals surface area contributed by atoms with Crippen molar-refractivity contribution in [1.82, 2.24) is 0 Å². The van der Waals surface area contributed by atoms with Crippen LogP contribution in [0, 0.1) is 0 Å². The van der Waals surface area contributed by atoms with Crippen molar-refractivity contribution in [1.29, 1.82) is 0 Å². The molecule has 0 heterocycles. The topological polar surface area (TPSA) is 52.3 Å². The molecule has 0 saturated heterocycles. The molecule has 4 heteroatoms. The standard InChI is InChI=1S/C14H20BrNO2/c1-9(10-6-5-7-11(15)8-10)12(16)13(17)18-14(2,3)4/h5-9,12H,16H2,1-4H3. The van der Waals surface area contributed by atoms with E-state index in [0.717, 1.165) is 10.0 Å². The molecule has 0 spiro atoms. The summed E-state index contributed by atoms with van der Waals surface area (Å²) in [5.74, 6) is -0.452. The molecular formula is C14H20BrNO2. The van der Waals surface area contributed by atoms with Crippen LogP contribution < -0.4 is 5.73 Å². The monoisotopic (exact) mass is 313 g/mol. The molecule has 0 saturated carbocycles. The van der Waals surface area contributed by atoms with Gasteiger partial charge in [0.05, 0.1) is 0 Å². The van der Waals surface area contributed by atoms with Crippen LogP contribution in [0.4, 0.5) is 0 Å². The molecule has 0 bridgehead atoms. The van der Waals surface area contributed by atoms with Gasteiger partial charge in [0, 0.05) is 10.4 Å². The van der Waals surface area contributed by atoms with E-state index in [1.54, 1.807) is 0 Å². The fourth-order valence-electron chi connectivity index (χ4n) is 1.57. The molecule has 1 rings (SSSR count). The Morgan fingerprint density at radius 3 is 2.50 bits per heavy atom. The van der Waals surface area contributed by atoms with Crippen LogP contribution in [-0.2, 0) is 9.53 Å². The first-order valence-electron chi connectivity index (χ1n) is 5.94. The van der Waals surface area contributed by atoms with Crippen molar-refractivity contribution in [2.45, 2.75) is 45.3 Å². The normalized spacial score (nSPS) is 15.0. The molecule has 100 valence electrons. The van der Waals surface area contributed by atoms with Crippen LogP contribution in [0.15, 0.2) is 28.7 Å². The third-order valence-electron chi connectivity index (χ3n) is 2.59. The average molecular weight is 314 g/mol. The van der Waals surface area contributed by atoms with Gasteiger partial charge in [-0.2, -0.15) is 0 Å². The summed E-state index contributed by atoms with van der Waals surface area (Å²) in [4.78, 5) is 11.9. The molecule has 2 atom stereocenters. The highest BCUT2D eigenvalue weighted by atomic mass is 79.9. The Hall–Kier alpha value is -0.870. The van der Waals surface area contributed by atoms with Crippen molar-refractivity contribution in [3.8, 4) is 0 Å². The lowest BCUT2D eigenvalue weighted by atomic mass is 9.94. The summed E-state index contributed by atoms with van der Waals surface area (Å²) < 4.78 is 6.27. The van der Waals surface area contributed by atoms with Crippen LogP contribution in [0.5, 0.6) is 0 Å². The van der Waals surface area contributed by atoms with Crippen LogP contribution in [0.2, 0.25) is 0 Å². The second kappa shape index (κ2) is 5.85. The second-order valence-corrected chi connectivity index (χ2v) is 6.32. The number of carbonyl (C=O) groups excluding carboxylic acids is 1. The molecule has 3 nitrogen and oxygen atoms in total. The fraction of sp³-hybridized carbons (Fsp3) is 0.500. The van der Waals surface area contributed by atoms with Gasteiger partial charge < -0.3 is 10.5 Å². The van der Waals surface area contributed by atoms with Crippen LogP contribution in [-0.4, -0.2) is 17.6 Å². The number of halogens is 1. The number of carbonyl (C=O) groups is 1. The van der Waals surface area contributed by atoms with Gasteiger partial charge in [0.25, 0.3) is 0 Å². The number of rotatable bonds is 3. The molecule has 0 radical (unpaired) electrons. The first-order chi connectivity index (χ1) is 8.20. The van der Waals surface area contributed by atoms with E-state index in [2.05, 4.69) is 15.9 Å². The van der Waals surface area contributed by atoms with Gasteiger partial charge >= 0.3 is 5.97 Å². The molecular weight excluding hydrogens is 294 g/mol. The lowest BCUT2D eigenvalue weighted by Gasteiger charge is -2.25. The highest BCUT2D eigenvalue weighted by molar-refractivity contribution is 9.10. The van der Waals surface area contributed by atoms with Crippen molar-refractivity contribution in [2.75, 3.05) is 0 Å². The van der Waals surface area contributed by atoms with Crippen molar-refractivity contribution >= 4 is 21.9 Å². The third kappa shape index (κ3) is 4.42. The fourth-order valence-corrected chi connectivity index (χ4v) is 1.99. The van der Waals surface area contributed by atoms with Crippen molar-refractivity contribution in [3.05, 3.63) is 34.3 Å². The SMILES string of the molecule is CC(c1cccc(Br)c1)C(N)C(=O)OC(C)(C)C. The third-order valence-corrected chi connectivity index (χ3v) is 3.09. The van der Waals surface area contributed by atoms with Crippen LogP contribution >= 0.6 is 15.9 Å². The number of hydrogen-bond donors (Lipinski definition) is 1. The van der Waals surface area contributed by atoms with Gasteiger partial charge in [-0.3, -0.25) is 4.79 Å². The predicted octanol–water partition coefficient (Wildman–Crippen LogP) is 3.22. The summed E-state index contributed by atoms with van der Waals surface area (Å²) in [5, 5.41) is 0. The number of hydrogen-bond acceptors (Lipinski definition) is 3. The Morgan fingerprint density at radius 1 is 1.39 bits per heavy atom. The molecule has 18 heavy (non-hydrogen) atoms. The van der Waals surface area contributed by atoms with Gasteiger partial charge in [0.15, 0.2) is 0 Å². The number of nitrogens with two attached hydrogens (primary N) is 1. The maximum atomic E-state index is 11.9. The van der Waals surface area contributed by atoms with E-state index in [-0.39, 0.29) is 11.9 Å². The molecule has 0 fully saturated rings. The lowest BCUT2D eigenvalue weighted by molar-refractivity contribution is -0.156. The summed E-state index contributed by atoms with van der Waals surface area (Å²) in [6.45, 7) is 7.43. The summed E-state index contributed by atoms with van der Waals surface area (Å²) in [6, 6.07) is 7.14. The van der Waals surface area contributed by atoms with Gasteiger partial charge in [0.2, 0.25) is 0 Å². The smallest absolute Gasteiger partial charge is 0.324 e. The van der Waals surface area contributed by atoms with Crippen LogP contribution in [0.25, 0.3) is 0 Å². The number of ether oxygens (including phenoxy) is 1. The lowest BCUT2D eigenvalue weighted by Crippen LogP contribution is -2.40. The molecule has 1 aromatic rings. The first-order valence-corrected chi connectivity index (χ1v) is 6.74. The molecule has 1 aromatic carbocycles. The van der Waals surface area contributed by atoms with E-state index in [1.165, 1.54) is 0 Å². The van der Waals surface area contributed by atoms with E-state index in [0.29, 0.717) is 0 Å². The Balaban J connectivity index is 2.78. The van der Waals surface area contributed by atoms with Crippen molar-refractivity contribution in [3.63, 3.8) is 0 Å². The zero-order valence-electron chi connectivity index (χ0n) is 11.2. The highest BCUT2D eigenvalue weighted by Crippen LogP contribution is 2.23. The predicted molar refractivity (Wildman–Crippen MR) is 76.4 cm³/mol. The maximum Gasteiger partial charge on any atom is 0.324 e. The zero-order valence-corrected chi connectivity index (χ0v) is 12.8. The van der Waals surface area contributed by atoms with E-state index >= 15 is 0 Å². The van der Waals surface area contributed by atoms with Gasteiger partial charge in [-0.1, -0.05) is 35.0 Å². The number of benzene rings is 1. The van der Waals surface area contributed by atoms with E-state index in [9.17, 15) is 4.79 Å². The minimum absolute atomic E-state index is 0.0858. The molecule has 2 unspecified atom stereocenters. The Labute approximate surface area is 117 Å². The highest BCUT2D eigenvalue weighted by Gasteiger charge is 2.27. The van der Waals surface area contributed by atoms with Crippen LogP contribution in [0.3, 0.4) is 0 Å². The summed E-state index contributed by atoms with van der Waals surface area (Å²) >= 11 is 3.41. The maximum absolute atomic E-state index is 11.9.